The lowest BCUT2D eigenvalue weighted by atomic mass is 9.69. The number of aliphatic hydroxyl groups is 1. The van der Waals surface area contributed by atoms with Gasteiger partial charge in [-0.25, -0.2) is 4.39 Å². The van der Waals surface area contributed by atoms with E-state index in [4.69, 9.17) is 16.3 Å². The van der Waals surface area contributed by atoms with Crippen molar-refractivity contribution in [2.24, 2.45) is 5.41 Å². The largest absolute Gasteiger partial charge is 0.387 e. The van der Waals surface area contributed by atoms with Gasteiger partial charge in [0.25, 0.3) is 0 Å². The first-order valence-corrected chi connectivity index (χ1v) is 6.64. The average molecular weight is 282 g/mol. The van der Waals surface area contributed by atoms with Gasteiger partial charge in [0.15, 0.2) is 0 Å². The summed E-state index contributed by atoms with van der Waals surface area (Å²) in [5.74, 6) is -0.534. The van der Waals surface area contributed by atoms with Crippen LogP contribution in [-0.4, -0.2) is 17.3 Å². The van der Waals surface area contributed by atoms with Crippen molar-refractivity contribution in [2.75, 3.05) is 0 Å². The molecule has 1 N–H and O–H groups in total. The minimum atomic E-state index is -1.01. The fourth-order valence-electron chi connectivity index (χ4n) is 3.19. The molecule has 4 unspecified atom stereocenters. The number of ether oxygens (including phenoxy) is 1. The highest BCUT2D eigenvalue weighted by atomic mass is 35.5. The van der Waals surface area contributed by atoms with Crippen molar-refractivity contribution in [3.8, 4) is 6.07 Å². The van der Waals surface area contributed by atoms with Crippen molar-refractivity contribution in [1.29, 1.82) is 5.26 Å². The number of benzene rings is 1. The highest BCUT2D eigenvalue weighted by Gasteiger charge is 2.57. The van der Waals surface area contributed by atoms with Crippen molar-refractivity contribution in [3.63, 3.8) is 0 Å². The summed E-state index contributed by atoms with van der Waals surface area (Å²) in [4.78, 5) is 0. The first kappa shape index (κ1) is 12.9. The highest BCUT2D eigenvalue weighted by molar-refractivity contribution is 6.30. The summed E-state index contributed by atoms with van der Waals surface area (Å²) in [6.07, 6.45) is 1.03. The Morgan fingerprint density at radius 3 is 2.84 bits per heavy atom. The van der Waals surface area contributed by atoms with Gasteiger partial charge in [0.05, 0.1) is 23.3 Å². The molecule has 0 saturated carbocycles. The Morgan fingerprint density at radius 1 is 1.53 bits per heavy atom. The van der Waals surface area contributed by atoms with Gasteiger partial charge >= 0.3 is 0 Å². The van der Waals surface area contributed by atoms with Gasteiger partial charge in [-0.1, -0.05) is 17.7 Å². The van der Waals surface area contributed by atoms with Crippen LogP contribution in [0.2, 0.25) is 5.02 Å². The average Bonchev–Trinajstić information content (AvgIpc) is 3.02. The lowest BCUT2D eigenvalue weighted by molar-refractivity contribution is 0.00339. The molecule has 2 fully saturated rings. The number of hydrogen-bond acceptors (Lipinski definition) is 3. The second kappa shape index (κ2) is 4.45. The number of aliphatic hydroxyl groups excluding tert-OH is 1. The lowest BCUT2D eigenvalue weighted by Gasteiger charge is -2.33. The summed E-state index contributed by atoms with van der Waals surface area (Å²) in [6, 6.07) is 6.29. The summed E-state index contributed by atoms with van der Waals surface area (Å²) < 4.78 is 18.8. The number of hydrogen-bond donors (Lipinski definition) is 1. The smallest absolute Gasteiger partial charge is 0.141 e. The number of halogens is 2. The Bertz CT molecular complexity index is 559. The maximum atomic E-state index is 13.2. The van der Waals surface area contributed by atoms with Crippen LogP contribution < -0.4 is 0 Å². The number of rotatable bonds is 2. The Morgan fingerprint density at radius 2 is 2.32 bits per heavy atom. The van der Waals surface area contributed by atoms with Crippen LogP contribution >= 0.6 is 11.6 Å². The SMILES string of the molecule is N#CC1(C(O)c2ccc(F)c(Cl)c2)CC2CCC1O2. The zero-order valence-electron chi connectivity index (χ0n) is 10.1. The van der Waals surface area contributed by atoms with Crippen LogP contribution in [0.4, 0.5) is 4.39 Å². The van der Waals surface area contributed by atoms with E-state index in [2.05, 4.69) is 6.07 Å². The lowest BCUT2D eigenvalue weighted by Crippen LogP contribution is -2.37. The van der Waals surface area contributed by atoms with Gasteiger partial charge in [0.1, 0.15) is 17.3 Å². The van der Waals surface area contributed by atoms with Crippen molar-refractivity contribution >= 4 is 11.6 Å². The maximum Gasteiger partial charge on any atom is 0.141 e. The van der Waals surface area contributed by atoms with Crippen molar-refractivity contribution in [2.45, 2.75) is 37.6 Å². The molecule has 1 aromatic rings. The van der Waals surface area contributed by atoms with Crippen LogP contribution in [0.5, 0.6) is 0 Å². The van der Waals surface area contributed by atoms with Gasteiger partial charge < -0.3 is 9.84 Å². The van der Waals surface area contributed by atoms with E-state index in [9.17, 15) is 14.8 Å². The third-order valence-corrected chi connectivity index (χ3v) is 4.49. The molecule has 3 rings (SSSR count). The molecule has 0 aliphatic carbocycles. The van der Waals surface area contributed by atoms with Gasteiger partial charge in [-0.15, -0.1) is 0 Å². The number of fused-ring (bicyclic) bond motifs is 2. The minimum absolute atomic E-state index is 0.0475. The second-order valence-electron chi connectivity index (χ2n) is 5.26. The van der Waals surface area contributed by atoms with E-state index in [-0.39, 0.29) is 17.2 Å². The molecule has 1 aromatic carbocycles. The fraction of sp³-hybridized carbons (Fsp3) is 0.500. The van der Waals surface area contributed by atoms with E-state index in [0.29, 0.717) is 12.0 Å². The second-order valence-corrected chi connectivity index (χ2v) is 5.66. The van der Waals surface area contributed by atoms with Crippen LogP contribution in [0.3, 0.4) is 0 Å². The molecule has 3 nitrogen and oxygen atoms in total. The quantitative estimate of drug-likeness (QED) is 0.907. The number of nitriles is 1. The normalized spacial score (nSPS) is 34.2. The molecule has 2 aliphatic heterocycles. The van der Waals surface area contributed by atoms with Crippen molar-refractivity contribution in [1.82, 2.24) is 0 Å². The van der Waals surface area contributed by atoms with E-state index in [0.717, 1.165) is 12.8 Å². The molecule has 19 heavy (non-hydrogen) atoms. The Hall–Kier alpha value is -1.15. The maximum absolute atomic E-state index is 13.2. The Kier molecular flexibility index (Phi) is 3.01. The van der Waals surface area contributed by atoms with Crippen LogP contribution in [-0.2, 0) is 4.74 Å². The first-order valence-electron chi connectivity index (χ1n) is 6.26. The number of nitrogens with zero attached hydrogens (tertiary/aromatic N) is 1. The Balaban J connectivity index is 1.96. The topological polar surface area (TPSA) is 53.2 Å². The van der Waals surface area contributed by atoms with Gasteiger partial charge in [-0.05, 0) is 37.0 Å². The molecule has 2 aliphatic rings. The molecule has 2 saturated heterocycles. The van der Waals surface area contributed by atoms with E-state index in [1.807, 2.05) is 0 Å². The summed E-state index contributed by atoms with van der Waals surface area (Å²) in [6.45, 7) is 0. The molecule has 0 aromatic heterocycles. The first-order chi connectivity index (χ1) is 9.06. The Labute approximate surface area is 115 Å². The predicted octanol–water partition coefficient (Wildman–Crippen LogP) is 2.97. The fourth-order valence-corrected chi connectivity index (χ4v) is 3.38. The monoisotopic (exact) mass is 281 g/mol. The minimum Gasteiger partial charge on any atom is -0.387 e. The van der Waals surface area contributed by atoms with Gasteiger partial charge in [-0.3, -0.25) is 0 Å². The predicted molar refractivity (Wildman–Crippen MR) is 66.9 cm³/mol. The molecular weight excluding hydrogens is 269 g/mol. The van der Waals surface area contributed by atoms with E-state index in [1.54, 1.807) is 0 Å². The molecule has 0 amide bonds. The molecule has 2 bridgehead atoms. The summed E-state index contributed by atoms with van der Waals surface area (Å²) in [7, 11) is 0. The molecule has 0 radical (unpaired) electrons. The molecule has 100 valence electrons. The van der Waals surface area contributed by atoms with E-state index >= 15 is 0 Å². The molecule has 0 spiro atoms. The van der Waals surface area contributed by atoms with Gasteiger partial charge in [-0.2, -0.15) is 5.26 Å². The van der Waals surface area contributed by atoms with Crippen molar-refractivity contribution in [3.05, 3.63) is 34.6 Å². The van der Waals surface area contributed by atoms with Gasteiger partial charge in [0.2, 0.25) is 0 Å². The van der Waals surface area contributed by atoms with E-state index in [1.165, 1.54) is 18.2 Å². The van der Waals surface area contributed by atoms with Crippen LogP contribution in [0.25, 0.3) is 0 Å². The van der Waals surface area contributed by atoms with Crippen LogP contribution in [0.15, 0.2) is 18.2 Å². The summed E-state index contributed by atoms with van der Waals surface area (Å²) in [5.41, 5.74) is -0.478. The van der Waals surface area contributed by atoms with Crippen molar-refractivity contribution < 1.29 is 14.2 Å². The van der Waals surface area contributed by atoms with Crippen LogP contribution in [0, 0.1) is 22.6 Å². The molecule has 4 atom stereocenters. The van der Waals surface area contributed by atoms with Crippen LogP contribution in [0.1, 0.15) is 30.9 Å². The van der Waals surface area contributed by atoms with Gasteiger partial charge in [0, 0.05) is 0 Å². The standard InChI is InChI=1S/C14H13ClFNO2/c15-10-5-8(1-3-11(10)16)13(18)14(7-17)6-9-2-4-12(14)19-9/h1,3,5,9,12-13,18H,2,4,6H2. The van der Waals surface area contributed by atoms with E-state index < -0.39 is 17.3 Å². The molecule has 2 heterocycles. The third kappa shape index (κ3) is 1.85. The molecular formula is C14H13ClFNO2. The molecule has 5 heteroatoms. The highest BCUT2D eigenvalue weighted by Crippen LogP contribution is 2.54. The third-order valence-electron chi connectivity index (χ3n) is 4.20. The summed E-state index contributed by atoms with van der Waals surface area (Å²) in [5, 5.41) is 20.0. The zero-order valence-corrected chi connectivity index (χ0v) is 10.9. The summed E-state index contributed by atoms with van der Waals surface area (Å²) >= 11 is 5.73. The zero-order chi connectivity index (χ0) is 13.6.